The van der Waals surface area contributed by atoms with Crippen LogP contribution in [-0.2, 0) is 30.3 Å². The fourth-order valence-corrected chi connectivity index (χ4v) is 13.3. The summed E-state index contributed by atoms with van der Waals surface area (Å²) in [4.78, 5) is 37.4. The minimum Gasteiger partial charge on any atom is -0.481 e. The van der Waals surface area contributed by atoms with Crippen LogP contribution in [-0.4, -0.2) is 56.3 Å². The van der Waals surface area contributed by atoms with Crippen molar-refractivity contribution in [1.82, 2.24) is 20.6 Å². The van der Waals surface area contributed by atoms with Gasteiger partial charge in [0.2, 0.25) is 0 Å². The molecule has 10 atom stereocenters. The summed E-state index contributed by atoms with van der Waals surface area (Å²) in [5.74, 6) is 1.40. The van der Waals surface area contributed by atoms with Crippen molar-refractivity contribution in [3.8, 4) is 0 Å². The van der Waals surface area contributed by atoms with Crippen molar-refractivity contribution >= 4 is 17.9 Å². The summed E-state index contributed by atoms with van der Waals surface area (Å²) in [6, 6.07) is 0. The molecule has 278 valence electrons. The number of ether oxygens (including phenoxy) is 2. The van der Waals surface area contributed by atoms with Crippen LogP contribution in [0.5, 0.6) is 0 Å². The Bertz CT molecular complexity index is 1490. The number of carbonyl (C=O) groups excluding carboxylic acids is 2. The van der Waals surface area contributed by atoms with Gasteiger partial charge in [-0.25, -0.2) is 5.10 Å². The number of carboxylic acid groups (broad SMARTS) is 1. The zero-order chi connectivity index (χ0) is 36.5. The topological polar surface area (TPSA) is 144 Å². The first kappa shape index (κ1) is 37.0. The number of esters is 2. The molecule has 0 bridgehead atoms. The van der Waals surface area contributed by atoms with Crippen molar-refractivity contribution < 1.29 is 29.0 Å². The molecule has 1 heterocycles. The monoisotopic (exact) mass is 694 g/mol. The number of fused-ring (bicyclic) bond motifs is 7. The highest BCUT2D eigenvalue weighted by molar-refractivity contribution is 5.81. The van der Waals surface area contributed by atoms with Crippen LogP contribution in [0.4, 0.5) is 0 Å². The van der Waals surface area contributed by atoms with Gasteiger partial charge in [0.05, 0.1) is 18.4 Å². The lowest BCUT2D eigenvalue weighted by atomic mass is 9.32. The van der Waals surface area contributed by atoms with Gasteiger partial charge in [0.15, 0.2) is 5.82 Å². The first-order valence-corrected chi connectivity index (χ1v) is 19.3. The minimum absolute atomic E-state index is 0.0565. The van der Waals surface area contributed by atoms with Crippen LogP contribution >= 0.6 is 0 Å². The second-order valence-electron chi connectivity index (χ2n) is 19.2. The summed E-state index contributed by atoms with van der Waals surface area (Å²) >= 11 is 0. The number of H-pyrrole nitrogens is 1. The number of nitrogens with zero attached hydrogens (tertiary/aromatic N) is 3. The van der Waals surface area contributed by atoms with Gasteiger partial charge in [-0.2, -0.15) is 0 Å². The summed E-state index contributed by atoms with van der Waals surface area (Å²) in [7, 11) is 0. The number of nitrogens with one attached hydrogen (secondary N) is 1. The van der Waals surface area contributed by atoms with Crippen molar-refractivity contribution in [3.63, 3.8) is 0 Å². The lowest BCUT2D eigenvalue weighted by Gasteiger charge is -2.73. The summed E-state index contributed by atoms with van der Waals surface area (Å²) in [6.45, 7) is 22.8. The number of tetrazole rings is 1. The molecule has 10 heteroatoms. The van der Waals surface area contributed by atoms with Gasteiger partial charge in [-0.1, -0.05) is 46.8 Å². The van der Waals surface area contributed by atoms with Gasteiger partial charge >= 0.3 is 17.9 Å². The highest BCUT2D eigenvalue weighted by Gasteiger charge is 2.71. The molecule has 2 N–H and O–H groups in total. The Hall–Kier alpha value is -2.78. The lowest BCUT2D eigenvalue weighted by Crippen LogP contribution is -2.66. The second-order valence-corrected chi connectivity index (χ2v) is 19.2. The Morgan fingerprint density at radius 1 is 0.920 bits per heavy atom. The van der Waals surface area contributed by atoms with E-state index >= 15 is 0 Å². The fraction of sp³-hybridized carbons (Fsp3) is 0.850. The van der Waals surface area contributed by atoms with E-state index in [1.54, 1.807) is 13.8 Å². The molecule has 1 aromatic rings. The molecular weight excluding hydrogens is 632 g/mol. The first-order valence-electron chi connectivity index (χ1n) is 19.3. The van der Waals surface area contributed by atoms with Crippen molar-refractivity contribution in [1.29, 1.82) is 0 Å². The number of hydrogen-bond acceptors (Lipinski definition) is 8. The maximum Gasteiger partial charge on any atom is 0.313 e. The molecule has 5 fully saturated rings. The molecule has 5 aliphatic rings. The van der Waals surface area contributed by atoms with Crippen LogP contribution in [0.15, 0.2) is 12.2 Å². The van der Waals surface area contributed by atoms with E-state index in [2.05, 4.69) is 68.7 Å². The zero-order valence-corrected chi connectivity index (χ0v) is 31.9. The summed E-state index contributed by atoms with van der Waals surface area (Å²) in [5.41, 5.74) is 0.644. The van der Waals surface area contributed by atoms with Crippen LogP contribution in [0.2, 0.25) is 0 Å². The molecule has 0 spiro atoms. The maximum atomic E-state index is 13.1. The van der Waals surface area contributed by atoms with Gasteiger partial charge in [-0.15, -0.1) is 5.10 Å². The molecule has 5 aliphatic carbocycles. The SMILES string of the molecule is C=C(C)[C@@H]1CC[C@]2(CCOC(=O)Cc3nnn[nH]3)CC[C@]3(C)[C@H](CC[C@@H]4[C@@]5(C)CC[C@H](OC(=O)CC(C)(C)C(=O)O)C(C)(C)[C@@H]5CC[C@]43C)[C@@H]12. The number of aromatic nitrogens is 4. The lowest BCUT2D eigenvalue weighted by molar-refractivity contribution is -0.251. The molecular formula is C40H62N4O6. The average molecular weight is 695 g/mol. The Labute approximate surface area is 298 Å². The number of carboxylic acids is 1. The third-order valence-electron chi connectivity index (χ3n) is 16.2. The predicted octanol–water partition coefficient (Wildman–Crippen LogP) is 7.75. The molecule has 6 rings (SSSR count). The van der Waals surface area contributed by atoms with Crippen molar-refractivity contribution in [2.45, 2.75) is 145 Å². The zero-order valence-electron chi connectivity index (χ0n) is 31.9. The molecule has 0 radical (unpaired) electrons. The van der Waals surface area contributed by atoms with Crippen LogP contribution in [0.25, 0.3) is 0 Å². The van der Waals surface area contributed by atoms with Crippen LogP contribution in [0.3, 0.4) is 0 Å². The van der Waals surface area contributed by atoms with E-state index in [4.69, 9.17) is 9.47 Å². The molecule has 0 saturated heterocycles. The van der Waals surface area contributed by atoms with Gasteiger partial charge in [0.25, 0.3) is 0 Å². The number of allylic oxidation sites excluding steroid dienone is 1. The second kappa shape index (κ2) is 12.7. The molecule has 1 aromatic heterocycles. The van der Waals surface area contributed by atoms with E-state index in [0.717, 1.165) is 32.1 Å². The normalized spacial score (nSPS) is 40.4. The molecule has 0 amide bonds. The summed E-state index contributed by atoms with van der Waals surface area (Å²) < 4.78 is 12.0. The van der Waals surface area contributed by atoms with E-state index in [1.165, 1.54) is 44.1 Å². The maximum absolute atomic E-state index is 13.1. The van der Waals surface area contributed by atoms with Crippen LogP contribution in [0, 0.1) is 62.1 Å². The van der Waals surface area contributed by atoms with Gasteiger partial charge < -0.3 is 14.6 Å². The van der Waals surface area contributed by atoms with Crippen molar-refractivity contribution in [3.05, 3.63) is 18.0 Å². The first-order chi connectivity index (χ1) is 23.3. The average Bonchev–Trinajstić information content (AvgIpc) is 3.67. The van der Waals surface area contributed by atoms with E-state index in [-0.39, 0.29) is 52.0 Å². The smallest absolute Gasteiger partial charge is 0.313 e. The molecule has 0 aliphatic heterocycles. The molecule has 0 unspecified atom stereocenters. The van der Waals surface area contributed by atoms with E-state index in [9.17, 15) is 19.5 Å². The standard InChI is InChI=1S/C40H62N4O6/c1-24(2)25-12-17-40(20-21-49-31(45)22-30-41-43-44-42-30)19-18-38(8)26(33(25)40)10-11-28-37(7)15-14-29(50-32(46)23-35(3,4)34(47)48)36(5,6)27(37)13-16-39(28,38)9/h25-29,33H,1,10-23H2,2-9H3,(H,47,48)(H,41,42,43,44)/t25-,26+,27-,28+,29-,33+,37-,38+,39+,40+/m0/s1. The molecule has 10 nitrogen and oxygen atoms in total. The van der Waals surface area contributed by atoms with Gasteiger partial charge in [0, 0.05) is 5.41 Å². The van der Waals surface area contributed by atoms with Gasteiger partial charge in [0.1, 0.15) is 12.5 Å². The largest absolute Gasteiger partial charge is 0.481 e. The predicted molar refractivity (Wildman–Crippen MR) is 188 cm³/mol. The molecule has 5 saturated carbocycles. The van der Waals surface area contributed by atoms with Crippen LogP contribution < -0.4 is 0 Å². The fourth-order valence-electron chi connectivity index (χ4n) is 13.3. The van der Waals surface area contributed by atoms with Crippen LogP contribution in [0.1, 0.15) is 138 Å². The third-order valence-corrected chi connectivity index (χ3v) is 16.2. The number of hydrogen-bond donors (Lipinski definition) is 2. The van der Waals surface area contributed by atoms with E-state index in [0.29, 0.717) is 42.0 Å². The Morgan fingerprint density at radius 2 is 1.66 bits per heavy atom. The van der Waals surface area contributed by atoms with Crippen molar-refractivity contribution in [2.75, 3.05) is 6.61 Å². The Kier molecular flexibility index (Phi) is 9.41. The minimum atomic E-state index is -1.15. The summed E-state index contributed by atoms with van der Waals surface area (Å²) in [6.07, 6.45) is 11.9. The quantitative estimate of drug-likeness (QED) is 0.186. The van der Waals surface area contributed by atoms with Gasteiger partial charge in [-0.3, -0.25) is 14.4 Å². The number of aliphatic carboxylic acids is 1. The number of aromatic amines is 1. The van der Waals surface area contributed by atoms with Gasteiger partial charge in [-0.05, 0) is 153 Å². The van der Waals surface area contributed by atoms with Crippen molar-refractivity contribution in [2.24, 2.45) is 62.1 Å². The van der Waals surface area contributed by atoms with E-state index in [1.807, 2.05) is 0 Å². The molecule has 50 heavy (non-hydrogen) atoms. The molecule has 0 aromatic carbocycles. The highest BCUT2D eigenvalue weighted by Crippen LogP contribution is 2.78. The Balaban J connectivity index is 1.20. The summed E-state index contributed by atoms with van der Waals surface area (Å²) in [5, 5.41) is 23.2. The number of rotatable bonds is 10. The highest BCUT2D eigenvalue weighted by atomic mass is 16.5. The van der Waals surface area contributed by atoms with E-state index < -0.39 is 17.4 Å². The Morgan fingerprint density at radius 3 is 2.32 bits per heavy atom. The number of carbonyl (C=O) groups is 3. The third kappa shape index (κ3) is 5.82.